The molecule has 0 aromatic rings. The highest BCUT2D eigenvalue weighted by Crippen LogP contribution is 2.31. The summed E-state index contributed by atoms with van der Waals surface area (Å²) in [6.45, 7) is 14.9. The summed E-state index contributed by atoms with van der Waals surface area (Å²) in [5.74, 6) is 0.763. The fourth-order valence-electron chi connectivity index (χ4n) is 1.59. The van der Waals surface area contributed by atoms with Crippen molar-refractivity contribution in [2.45, 2.75) is 60.4 Å². The van der Waals surface area contributed by atoms with E-state index in [1.165, 1.54) is 12.8 Å². The van der Waals surface area contributed by atoms with Crippen molar-refractivity contribution in [2.75, 3.05) is 6.54 Å². The summed E-state index contributed by atoms with van der Waals surface area (Å²) < 4.78 is 0. The molecular formula is C12H27N. The van der Waals surface area contributed by atoms with E-state index in [-0.39, 0.29) is 0 Å². The first-order valence-electron chi connectivity index (χ1n) is 5.65. The third kappa shape index (κ3) is 4.66. The molecule has 0 saturated heterocycles. The molecule has 0 rings (SSSR count). The molecule has 1 atom stereocenters. The zero-order chi connectivity index (χ0) is 10.5. The van der Waals surface area contributed by atoms with Crippen LogP contribution in [0.2, 0.25) is 0 Å². The van der Waals surface area contributed by atoms with Gasteiger partial charge in [0.1, 0.15) is 0 Å². The fraction of sp³-hybridized carbons (Fsp3) is 1.00. The van der Waals surface area contributed by atoms with E-state index in [4.69, 9.17) is 0 Å². The SMILES string of the molecule is CCCC(C)(CNC(C)C)C(C)C. The van der Waals surface area contributed by atoms with Gasteiger partial charge in [0.25, 0.3) is 0 Å². The van der Waals surface area contributed by atoms with Gasteiger partial charge >= 0.3 is 0 Å². The molecule has 0 aliphatic heterocycles. The van der Waals surface area contributed by atoms with E-state index < -0.39 is 0 Å². The fourth-order valence-corrected chi connectivity index (χ4v) is 1.59. The lowest BCUT2D eigenvalue weighted by molar-refractivity contribution is 0.185. The van der Waals surface area contributed by atoms with Crippen LogP contribution in [0, 0.1) is 11.3 Å². The molecule has 0 heterocycles. The molecule has 0 aliphatic rings. The molecule has 0 amide bonds. The number of hydrogen-bond acceptors (Lipinski definition) is 1. The van der Waals surface area contributed by atoms with Gasteiger partial charge in [-0.15, -0.1) is 0 Å². The summed E-state index contributed by atoms with van der Waals surface area (Å²) in [5.41, 5.74) is 0.471. The largest absolute Gasteiger partial charge is 0.314 e. The van der Waals surface area contributed by atoms with Gasteiger partial charge in [-0.25, -0.2) is 0 Å². The lowest BCUT2D eigenvalue weighted by Crippen LogP contribution is -2.38. The van der Waals surface area contributed by atoms with Gasteiger partial charge in [-0.05, 0) is 17.8 Å². The molecule has 0 radical (unpaired) electrons. The van der Waals surface area contributed by atoms with Gasteiger partial charge in [0.05, 0.1) is 0 Å². The average molecular weight is 185 g/mol. The van der Waals surface area contributed by atoms with Crippen molar-refractivity contribution in [3.8, 4) is 0 Å². The van der Waals surface area contributed by atoms with Crippen LogP contribution in [0.4, 0.5) is 0 Å². The summed E-state index contributed by atoms with van der Waals surface area (Å²) >= 11 is 0. The Labute approximate surface area is 84.3 Å². The molecule has 1 unspecified atom stereocenters. The van der Waals surface area contributed by atoms with Gasteiger partial charge in [-0.3, -0.25) is 0 Å². The lowest BCUT2D eigenvalue weighted by Gasteiger charge is -2.34. The quantitative estimate of drug-likeness (QED) is 0.668. The van der Waals surface area contributed by atoms with Crippen molar-refractivity contribution in [1.82, 2.24) is 5.32 Å². The molecule has 0 saturated carbocycles. The Kier molecular flexibility index (Phi) is 5.62. The van der Waals surface area contributed by atoms with Crippen molar-refractivity contribution in [3.05, 3.63) is 0 Å². The monoisotopic (exact) mass is 185 g/mol. The maximum atomic E-state index is 3.55. The van der Waals surface area contributed by atoms with Gasteiger partial charge in [-0.2, -0.15) is 0 Å². The molecule has 0 aromatic heterocycles. The van der Waals surface area contributed by atoms with E-state index in [0.29, 0.717) is 11.5 Å². The molecule has 0 aliphatic carbocycles. The number of hydrogen-bond donors (Lipinski definition) is 1. The average Bonchev–Trinajstić information content (AvgIpc) is 2.01. The molecule has 1 heteroatoms. The summed E-state index contributed by atoms with van der Waals surface area (Å²) in [5, 5.41) is 3.55. The maximum Gasteiger partial charge on any atom is 0.00106 e. The Bertz CT molecular complexity index is 129. The minimum atomic E-state index is 0.471. The van der Waals surface area contributed by atoms with Crippen molar-refractivity contribution in [1.29, 1.82) is 0 Å². The highest BCUT2D eigenvalue weighted by atomic mass is 14.9. The van der Waals surface area contributed by atoms with Gasteiger partial charge in [-0.1, -0.05) is 48.0 Å². The van der Waals surface area contributed by atoms with Gasteiger partial charge in [0.15, 0.2) is 0 Å². The summed E-state index contributed by atoms with van der Waals surface area (Å²) in [7, 11) is 0. The summed E-state index contributed by atoms with van der Waals surface area (Å²) in [6, 6.07) is 0.606. The maximum absolute atomic E-state index is 3.55. The van der Waals surface area contributed by atoms with Crippen LogP contribution in [0.1, 0.15) is 54.4 Å². The first-order valence-corrected chi connectivity index (χ1v) is 5.65. The summed E-state index contributed by atoms with van der Waals surface area (Å²) in [4.78, 5) is 0. The zero-order valence-corrected chi connectivity index (χ0v) is 10.3. The first kappa shape index (κ1) is 13.0. The Morgan fingerprint density at radius 1 is 1.15 bits per heavy atom. The normalized spacial score (nSPS) is 16.6. The highest BCUT2D eigenvalue weighted by Gasteiger charge is 2.26. The predicted molar refractivity (Wildman–Crippen MR) is 61.0 cm³/mol. The standard InChI is InChI=1S/C12H27N/c1-7-8-12(6,10(2)3)9-13-11(4)5/h10-11,13H,7-9H2,1-6H3. The Morgan fingerprint density at radius 2 is 1.69 bits per heavy atom. The molecule has 1 nitrogen and oxygen atoms in total. The number of nitrogens with one attached hydrogen (secondary N) is 1. The minimum Gasteiger partial charge on any atom is -0.314 e. The van der Waals surface area contributed by atoms with E-state index in [0.717, 1.165) is 12.5 Å². The van der Waals surface area contributed by atoms with Gasteiger partial charge in [0.2, 0.25) is 0 Å². The van der Waals surface area contributed by atoms with Crippen molar-refractivity contribution >= 4 is 0 Å². The molecule has 0 spiro atoms. The topological polar surface area (TPSA) is 12.0 Å². The number of rotatable bonds is 6. The molecule has 80 valence electrons. The van der Waals surface area contributed by atoms with E-state index in [9.17, 15) is 0 Å². The second kappa shape index (κ2) is 5.64. The van der Waals surface area contributed by atoms with Crippen molar-refractivity contribution in [2.24, 2.45) is 11.3 Å². The zero-order valence-electron chi connectivity index (χ0n) is 10.3. The van der Waals surface area contributed by atoms with Crippen LogP contribution in [0.3, 0.4) is 0 Å². The van der Waals surface area contributed by atoms with E-state index in [1.807, 2.05) is 0 Å². The van der Waals surface area contributed by atoms with Gasteiger partial charge in [0, 0.05) is 12.6 Å². The lowest BCUT2D eigenvalue weighted by atomic mass is 9.75. The highest BCUT2D eigenvalue weighted by molar-refractivity contribution is 4.80. The van der Waals surface area contributed by atoms with Crippen molar-refractivity contribution < 1.29 is 0 Å². The van der Waals surface area contributed by atoms with E-state index in [2.05, 4.69) is 46.9 Å². The molecular weight excluding hydrogens is 158 g/mol. The van der Waals surface area contributed by atoms with E-state index >= 15 is 0 Å². The van der Waals surface area contributed by atoms with Crippen LogP contribution in [0.25, 0.3) is 0 Å². The molecule has 0 bridgehead atoms. The smallest absolute Gasteiger partial charge is 0.00106 e. The second-order valence-electron chi connectivity index (χ2n) is 5.09. The van der Waals surface area contributed by atoms with Crippen LogP contribution in [0.15, 0.2) is 0 Å². The second-order valence-corrected chi connectivity index (χ2v) is 5.09. The van der Waals surface area contributed by atoms with Crippen LogP contribution in [0.5, 0.6) is 0 Å². The van der Waals surface area contributed by atoms with Crippen LogP contribution >= 0.6 is 0 Å². The van der Waals surface area contributed by atoms with Crippen LogP contribution in [-0.4, -0.2) is 12.6 Å². The Balaban J connectivity index is 4.07. The predicted octanol–water partition coefficient (Wildman–Crippen LogP) is 3.45. The third-order valence-corrected chi connectivity index (χ3v) is 3.13. The Hall–Kier alpha value is -0.0400. The molecule has 0 aromatic carbocycles. The van der Waals surface area contributed by atoms with Crippen molar-refractivity contribution in [3.63, 3.8) is 0 Å². The van der Waals surface area contributed by atoms with E-state index in [1.54, 1.807) is 0 Å². The third-order valence-electron chi connectivity index (χ3n) is 3.13. The molecule has 1 N–H and O–H groups in total. The van der Waals surface area contributed by atoms with Crippen LogP contribution < -0.4 is 5.32 Å². The molecule has 0 fully saturated rings. The molecule has 13 heavy (non-hydrogen) atoms. The van der Waals surface area contributed by atoms with Gasteiger partial charge < -0.3 is 5.32 Å². The minimum absolute atomic E-state index is 0.471. The first-order chi connectivity index (χ1) is 5.92. The van der Waals surface area contributed by atoms with Crippen LogP contribution in [-0.2, 0) is 0 Å². The Morgan fingerprint density at radius 3 is 2.00 bits per heavy atom. The summed E-state index contributed by atoms with van der Waals surface area (Å²) in [6.07, 6.45) is 2.61.